The number of rotatable bonds is 7. The van der Waals surface area contributed by atoms with Gasteiger partial charge in [-0.3, -0.25) is 14.2 Å². The van der Waals surface area contributed by atoms with E-state index in [1.54, 1.807) is 6.07 Å². The summed E-state index contributed by atoms with van der Waals surface area (Å²) in [5, 5.41) is 2.67. The van der Waals surface area contributed by atoms with Gasteiger partial charge < -0.3 is 10.3 Å². The van der Waals surface area contributed by atoms with Gasteiger partial charge in [-0.15, -0.1) is 0 Å². The number of fused-ring (bicyclic) bond motifs is 1. The topological polar surface area (TPSA) is 79.8 Å². The lowest BCUT2D eigenvalue weighted by Gasteiger charge is -2.15. The van der Waals surface area contributed by atoms with Crippen LogP contribution in [0.4, 0.5) is 18.9 Å². The summed E-state index contributed by atoms with van der Waals surface area (Å²) in [6, 6.07) is 6.55. The van der Waals surface area contributed by atoms with Crippen LogP contribution in [0.25, 0.3) is 11.0 Å². The Balaban J connectivity index is 1.82. The molecule has 0 fully saturated rings. The Morgan fingerprint density at radius 1 is 1.29 bits per heavy atom. The highest BCUT2D eigenvalue weighted by Crippen LogP contribution is 2.34. The van der Waals surface area contributed by atoms with Crippen LogP contribution in [0.3, 0.4) is 0 Å². The minimum Gasteiger partial charge on any atom is -0.353 e. The largest absolute Gasteiger partial charge is 0.418 e. The van der Waals surface area contributed by atoms with Crippen LogP contribution in [0, 0.1) is 12.8 Å². The van der Waals surface area contributed by atoms with Gasteiger partial charge in [0.15, 0.2) is 5.16 Å². The summed E-state index contributed by atoms with van der Waals surface area (Å²) in [5.74, 6) is -0.445. The number of anilines is 1. The maximum absolute atomic E-state index is 13.1. The number of hydrogen-bond donors (Lipinski definition) is 2. The first-order valence-electron chi connectivity index (χ1n) is 9.75. The summed E-state index contributed by atoms with van der Waals surface area (Å²) < 4.78 is 40.9. The molecule has 0 aliphatic carbocycles. The van der Waals surface area contributed by atoms with Crippen molar-refractivity contribution in [3.8, 4) is 0 Å². The number of nitrogens with zero attached hydrogens (tertiary/aromatic N) is 2. The summed E-state index contributed by atoms with van der Waals surface area (Å²) in [6.45, 7) is 6.32. The molecule has 0 saturated carbocycles. The second-order valence-corrected chi connectivity index (χ2v) is 8.57. The Labute approximate surface area is 181 Å². The van der Waals surface area contributed by atoms with E-state index in [4.69, 9.17) is 0 Å². The van der Waals surface area contributed by atoms with E-state index in [-0.39, 0.29) is 17.0 Å². The van der Waals surface area contributed by atoms with Crippen molar-refractivity contribution in [1.29, 1.82) is 0 Å². The van der Waals surface area contributed by atoms with Crippen molar-refractivity contribution in [3.63, 3.8) is 0 Å². The summed E-state index contributed by atoms with van der Waals surface area (Å²) >= 11 is 1.02. The number of alkyl halides is 3. The van der Waals surface area contributed by atoms with Crippen molar-refractivity contribution < 1.29 is 18.0 Å². The van der Waals surface area contributed by atoms with Crippen LogP contribution in [0.5, 0.6) is 0 Å². The lowest BCUT2D eigenvalue weighted by Crippen LogP contribution is -2.25. The van der Waals surface area contributed by atoms with Crippen LogP contribution in [-0.4, -0.2) is 26.2 Å². The van der Waals surface area contributed by atoms with Crippen LogP contribution in [0.2, 0.25) is 0 Å². The van der Waals surface area contributed by atoms with Gasteiger partial charge in [-0.05, 0) is 37.5 Å². The van der Waals surface area contributed by atoms with E-state index in [1.807, 2.05) is 20.8 Å². The molecule has 0 saturated heterocycles. The van der Waals surface area contributed by atoms with Crippen LogP contribution in [0.15, 0.2) is 40.3 Å². The van der Waals surface area contributed by atoms with E-state index in [1.165, 1.54) is 22.8 Å². The Hall–Kier alpha value is -2.75. The van der Waals surface area contributed by atoms with Crippen molar-refractivity contribution in [2.45, 2.75) is 45.1 Å². The number of hydrogen-bond acceptors (Lipinski definition) is 4. The zero-order valence-corrected chi connectivity index (χ0v) is 18.2. The predicted molar refractivity (Wildman–Crippen MR) is 115 cm³/mol. The second-order valence-electron chi connectivity index (χ2n) is 7.63. The van der Waals surface area contributed by atoms with Crippen molar-refractivity contribution in [2.75, 3.05) is 11.1 Å². The smallest absolute Gasteiger partial charge is 0.353 e. The lowest BCUT2D eigenvalue weighted by molar-refractivity contribution is -0.137. The molecule has 2 heterocycles. The molecule has 0 atom stereocenters. The number of thioether (sulfide) groups is 1. The third kappa shape index (κ3) is 5.49. The van der Waals surface area contributed by atoms with E-state index < -0.39 is 17.6 Å². The summed E-state index contributed by atoms with van der Waals surface area (Å²) in [7, 11) is 0. The van der Waals surface area contributed by atoms with Crippen molar-refractivity contribution in [1.82, 2.24) is 14.5 Å². The normalized spacial score (nSPS) is 12.0. The fourth-order valence-corrected chi connectivity index (χ4v) is 3.89. The molecular weight excluding hydrogens is 429 g/mol. The molecule has 166 valence electrons. The molecule has 1 aromatic carbocycles. The summed E-state index contributed by atoms with van der Waals surface area (Å²) in [4.78, 5) is 32.8. The average molecular weight is 453 g/mol. The van der Waals surface area contributed by atoms with Crippen LogP contribution in [-0.2, 0) is 17.5 Å². The number of aryl methyl sites for hydroxylation is 1. The SMILES string of the molecule is Cc1cc2nc(SCC(=O)Nc3ccccc3C(F)(F)F)n(CCC(C)C)c(=O)c2[nH]1. The van der Waals surface area contributed by atoms with Crippen molar-refractivity contribution >= 4 is 34.4 Å². The minimum atomic E-state index is -4.58. The quantitative estimate of drug-likeness (QED) is 0.398. The molecule has 6 nitrogen and oxygen atoms in total. The first-order valence-corrected chi connectivity index (χ1v) is 10.7. The van der Waals surface area contributed by atoms with E-state index in [9.17, 15) is 22.8 Å². The van der Waals surface area contributed by atoms with E-state index >= 15 is 0 Å². The van der Waals surface area contributed by atoms with Crippen molar-refractivity contribution in [2.24, 2.45) is 5.92 Å². The summed E-state index contributed by atoms with van der Waals surface area (Å²) in [5.41, 5.74) is 0.234. The van der Waals surface area contributed by atoms with Gasteiger partial charge in [0.2, 0.25) is 5.91 Å². The molecule has 31 heavy (non-hydrogen) atoms. The van der Waals surface area contributed by atoms with Gasteiger partial charge in [0.05, 0.1) is 22.5 Å². The number of nitrogens with one attached hydrogen (secondary N) is 2. The first-order chi connectivity index (χ1) is 14.6. The molecule has 0 bridgehead atoms. The number of carbonyl (C=O) groups is 1. The van der Waals surface area contributed by atoms with E-state index in [2.05, 4.69) is 15.3 Å². The number of para-hydroxylation sites is 1. The number of halogens is 3. The zero-order valence-electron chi connectivity index (χ0n) is 17.3. The minimum absolute atomic E-state index is 0.185. The number of benzene rings is 1. The zero-order chi connectivity index (χ0) is 22.8. The molecule has 0 aliphatic heterocycles. The maximum atomic E-state index is 13.1. The van der Waals surface area contributed by atoms with Gasteiger partial charge in [-0.2, -0.15) is 13.2 Å². The van der Waals surface area contributed by atoms with Gasteiger partial charge in [0.25, 0.3) is 5.56 Å². The number of H-pyrrole nitrogens is 1. The molecule has 0 unspecified atom stereocenters. The molecule has 2 N–H and O–H groups in total. The Morgan fingerprint density at radius 2 is 2.00 bits per heavy atom. The van der Waals surface area contributed by atoms with Gasteiger partial charge in [-0.1, -0.05) is 37.7 Å². The second kappa shape index (κ2) is 9.17. The average Bonchev–Trinajstić information content (AvgIpc) is 3.06. The van der Waals surface area contributed by atoms with E-state index in [0.717, 1.165) is 29.9 Å². The first kappa shape index (κ1) is 22.9. The molecule has 3 aromatic rings. The van der Waals surface area contributed by atoms with Crippen LogP contribution >= 0.6 is 11.8 Å². The molecule has 0 spiro atoms. The van der Waals surface area contributed by atoms with Crippen molar-refractivity contribution in [3.05, 3.63) is 51.9 Å². The molecule has 2 aromatic heterocycles. The predicted octanol–water partition coefficient (Wildman–Crippen LogP) is 4.83. The molecular formula is C21H23F3N4O2S. The molecule has 1 amide bonds. The third-order valence-corrected chi connectivity index (χ3v) is 5.58. The molecule has 10 heteroatoms. The highest BCUT2D eigenvalue weighted by atomic mass is 32.2. The van der Waals surface area contributed by atoms with Gasteiger partial charge in [0.1, 0.15) is 5.52 Å². The highest BCUT2D eigenvalue weighted by molar-refractivity contribution is 7.99. The molecule has 0 radical (unpaired) electrons. The number of aromatic nitrogens is 3. The van der Waals surface area contributed by atoms with Gasteiger partial charge >= 0.3 is 6.18 Å². The third-order valence-electron chi connectivity index (χ3n) is 4.61. The fourth-order valence-electron chi connectivity index (χ4n) is 3.06. The Morgan fingerprint density at radius 3 is 2.68 bits per heavy atom. The Kier molecular flexibility index (Phi) is 6.78. The van der Waals surface area contributed by atoms with Gasteiger partial charge in [-0.25, -0.2) is 4.98 Å². The summed E-state index contributed by atoms with van der Waals surface area (Å²) in [6.07, 6.45) is -3.83. The molecule has 3 rings (SSSR count). The van der Waals surface area contributed by atoms with E-state index in [0.29, 0.717) is 28.7 Å². The van der Waals surface area contributed by atoms with Crippen LogP contribution in [0.1, 0.15) is 31.5 Å². The maximum Gasteiger partial charge on any atom is 0.418 e. The fraction of sp³-hybridized carbons (Fsp3) is 0.381. The van der Waals surface area contributed by atoms with Gasteiger partial charge in [0, 0.05) is 12.2 Å². The standard InChI is InChI=1S/C21H23F3N4O2S/c1-12(2)8-9-28-19(30)18-16(10-13(3)25-18)27-20(28)31-11-17(29)26-15-7-5-4-6-14(15)21(22,23)24/h4-7,10,12,25H,8-9,11H2,1-3H3,(H,26,29). The number of aromatic amines is 1. The molecule has 0 aliphatic rings. The Bertz CT molecular complexity index is 1150. The monoisotopic (exact) mass is 452 g/mol. The van der Waals surface area contributed by atoms with Crippen LogP contribution < -0.4 is 10.9 Å². The number of carbonyl (C=O) groups excluding carboxylic acids is 1. The number of amides is 1. The lowest BCUT2D eigenvalue weighted by atomic mass is 10.1. The highest BCUT2D eigenvalue weighted by Gasteiger charge is 2.33.